The second-order valence-electron chi connectivity index (χ2n) is 4.45. The van der Waals surface area contributed by atoms with Gasteiger partial charge < -0.3 is 10.4 Å². The number of piperidine rings is 1. The van der Waals surface area contributed by atoms with Crippen molar-refractivity contribution in [3.63, 3.8) is 0 Å². The Labute approximate surface area is 73.4 Å². The summed E-state index contributed by atoms with van der Waals surface area (Å²) in [6, 6.07) is 2.19. The standard InChI is InChI=1S/C9H16N2O/c1-7-4-9(12,6-10)5-8(2,3)11-7/h7,11-12H,4-5H2,1-3H3. The van der Waals surface area contributed by atoms with Gasteiger partial charge in [0.15, 0.2) is 5.60 Å². The van der Waals surface area contributed by atoms with Gasteiger partial charge in [-0.25, -0.2) is 0 Å². The molecule has 0 spiro atoms. The first kappa shape index (κ1) is 9.50. The Kier molecular flexibility index (Phi) is 2.15. The van der Waals surface area contributed by atoms with Crippen molar-refractivity contribution >= 4 is 0 Å². The molecule has 68 valence electrons. The molecule has 0 radical (unpaired) electrons. The van der Waals surface area contributed by atoms with E-state index in [1.54, 1.807) is 0 Å². The van der Waals surface area contributed by atoms with E-state index in [0.29, 0.717) is 12.8 Å². The average Bonchev–Trinajstić information content (AvgIpc) is 1.82. The van der Waals surface area contributed by atoms with Gasteiger partial charge >= 0.3 is 0 Å². The van der Waals surface area contributed by atoms with Gasteiger partial charge in [0, 0.05) is 24.4 Å². The Balaban J connectivity index is 2.78. The van der Waals surface area contributed by atoms with Crippen LogP contribution in [-0.4, -0.2) is 22.3 Å². The maximum absolute atomic E-state index is 9.78. The second kappa shape index (κ2) is 2.72. The second-order valence-corrected chi connectivity index (χ2v) is 4.45. The van der Waals surface area contributed by atoms with Crippen molar-refractivity contribution < 1.29 is 5.11 Å². The molecule has 1 aliphatic heterocycles. The first-order valence-corrected chi connectivity index (χ1v) is 4.28. The van der Waals surface area contributed by atoms with E-state index in [4.69, 9.17) is 5.26 Å². The third-order valence-corrected chi connectivity index (χ3v) is 2.22. The highest BCUT2D eigenvalue weighted by Crippen LogP contribution is 2.29. The minimum Gasteiger partial charge on any atom is -0.375 e. The number of nitrogens with one attached hydrogen (secondary N) is 1. The molecular formula is C9H16N2O. The molecule has 2 unspecified atom stereocenters. The first-order chi connectivity index (χ1) is 5.37. The first-order valence-electron chi connectivity index (χ1n) is 4.28. The van der Waals surface area contributed by atoms with Crippen molar-refractivity contribution in [2.75, 3.05) is 0 Å². The predicted molar refractivity (Wildman–Crippen MR) is 46.5 cm³/mol. The van der Waals surface area contributed by atoms with Crippen molar-refractivity contribution in [1.29, 1.82) is 5.26 Å². The molecule has 1 saturated heterocycles. The van der Waals surface area contributed by atoms with Crippen LogP contribution in [0.25, 0.3) is 0 Å². The fraction of sp³-hybridized carbons (Fsp3) is 0.889. The van der Waals surface area contributed by atoms with Crippen LogP contribution >= 0.6 is 0 Å². The lowest BCUT2D eigenvalue weighted by atomic mass is 9.79. The Morgan fingerprint density at radius 3 is 2.58 bits per heavy atom. The number of aliphatic hydroxyl groups is 1. The van der Waals surface area contributed by atoms with Crippen LogP contribution < -0.4 is 5.32 Å². The summed E-state index contributed by atoms with van der Waals surface area (Å²) in [5.74, 6) is 0. The molecule has 0 aromatic rings. The SMILES string of the molecule is CC1CC(O)(C#N)CC(C)(C)N1. The van der Waals surface area contributed by atoms with Crippen molar-refractivity contribution in [3.8, 4) is 6.07 Å². The van der Waals surface area contributed by atoms with Crippen LogP contribution in [-0.2, 0) is 0 Å². The van der Waals surface area contributed by atoms with Crippen molar-refractivity contribution in [2.24, 2.45) is 0 Å². The summed E-state index contributed by atoms with van der Waals surface area (Å²) in [7, 11) is 0. The number of nitriles is 1. The van der Waals surface area contributed by atoms with Crippen LogP contribution in [0.4, 0.5) is 0 Å². The fourth-order valence-electron chi connectivity index (χ4n) is 2.16. The summed E-state index contributed by atoms with van der Waals surface area (Å²) in [5.41, 5.74) is -1.27. The molecule has 12 heavy (non-hydrogen) atoms. The quantitative estimate of drug-likeness (QED) is 0.526. The maximum Gasteiger partial charge on any atom is 0.154 e. The fourth-order valence-corrected chi connectivity index (χ4v) is 2.16. The van der Waals surface area contributed by atoms with Crippen molar-refractivity contribution in [3.05, 3.63) is 0 Å². The Bertz CT molecular complexity index is 219. The summed E-state index contributed by atoms with van der Waals surface area (Å²) in [4.78, 5) is 0. The van der Waals surface area contributed by atoms with Gasteiger partial charge in [-0.15, -0.1) is 0 Å². The van der Waals surface area contributed by atoms with Gasteiger partial charge in [0.05, 0.1) is 6.07 Å². The summed E-state index contributed by atoms with van der Waals surface area (Å²) < 4.78 is 0. The lowest BCUT2D eigenvalue weighted by Crippen LogP contribution is -2.57. The molecule has 1 heterocycles. The monoisotopic (exact) mass is 168 g/mol. The summed E-state index contributed by atoms with van der Waals surface area (Å²) in [6.07, 6.45) is 1.02. The van der Waals surface area contributed by atoms with E-state index in [1.165, 1.54) is 0 Å². The van der Waals surface area contributed by atoms with E-state index in [-0.39, 0.29) is 11.6 Å². The molecule has 0 aromatic heterocycles. The lowest BCUT2D eigenvalue weighted by Gasteiger charge is -2.42. The summed E-state index contributed by atoms with van der Waals surface area (Å²) in [5, 5.41) is 21.9. The molecule has 0 aromatic carbocycles. The Hall–Kier alpha value is -0.590. The van der Waals surface area contributed by atoms with Crippen LogP contribution in [0.5, 0.6) is 0 Å². The molecule has 0 saturated carbocycles. The van der Waals surface area contributed by atoms with E-state index in [2.05, 4.69) is 5.32 Å². The summed E-state index contributed by atoms with van der Waals surface area (Å²) in [6.45, 7) is 6.00. The van der Waals surface area contributed by atoms with Gasteiger partial charge in [0.2, 0.25) is 0 Å². The molecule has 3 heteroatoms. The van der Waals surface area contributed by atoms with Crippen LogP contribution in [0.3, 0.4) is 0 Å². The van der Waals surface area contributed by atoms with E-state index < -0.39 is 5.60 Å². The molecule has 1 rings (SSSR count). The number of nitrogens with zero attached hydrogens (tertiary/aromatic N) is 1. The van der Waals surface area contributed by atoms with Crippen LogP contribution in [0.1, 0.15) is 33.6 Å². The van der Waals surface area contributed by atoms with Gasteiger partial charge in [0.1, 0.15) is 0 Å². The summed E-state index contributed by atoms with van der Waals surface area (Å²) >= 11 is 0. The van der Waals surface area contributed by atoms with Crippen LogP contribution in [0, 0.1) is 11.3 Å². The molecule has 0 aliphatic carbocycles. The van der Waals surface area contributed by atoms with Crippen molar-refractivity contribution in [2.45, 2.75) is 50.8 Å². The van der Waals surface area contributed by atoms with Gasteiger partial charge in [-0.3, -0.25) is 0 Å². The van der Waals surface area contributed by atoms with Gasteiger partial charge in [-0.05, 0) is 20.8 Å². The molecule has 0 bridgehead atoms. The van der Waals surface area contributed by atoms with E-state index in [1.807, 2.05) is 26.8 Å². The minimum atomic E-state index is -1.13. The number of rotatable bonds is 0. The van der Waals surface area contributed by atoms with Gasteiger partial charge in [0.25, 0.3) is 0 Å². The molecule has 3 nitrogen and oxygen atoms in total. The maximum atomic E-state index is 9.78. The van der Waals surface area contributed by atoms with Gasteiger partial charge in [-0.2, -0.15) is 5.26 Å². The Morgan fingerprint density at radius 2 is 2.17 bits per heavy atom. The smallest absolute Gasteiger partial charge is 0.154 e. The zero-order valence-corrected chi connectivity index (χ0v) is 7.89. The highest BCUT2D eigenvalue weighted by Gasteiger charge is 2.41. The third kappa shape index (κ3) is 1.96. The molecule has 0 amide bonds. The van der Waals surface area contributed by atoms with E-state index in [9.17, 15) is 5.11 Å². The minimum absolute atomic E-state index is 0.137. The third-order valence-electron chi connectivity index (χ3n) is 2.22. The zero-order chi connectivity index (χ0) is 9.41. The number of hydrogen-bond acceptors (Lipinski definition) is 3. The zero-order valence-electron chi connectivity index (χ0n) is 7.89. The predicted octanol–water partition coefficient (Wildman–Crippen LogP) is 0.792. The molecular weight excluding hydrogens is 152 g/mol. The molecule has 2 atom stereocenters. The molecule has 2 N–H and O–H groups in total. The van der Waals surface area contributed by atoms with E-state index in [0.717, 1.165) is 0 Å². The largest absolute Gasteiger partial charge is 0.375 e. The van der Waals surface area contributed by atoms with Crippen LogP contribution in [0.2, 0.25) is 0 Å². The molecule has 1 aliphatic rings. The van der Waals surface area contributed by atoms with E-state index >= 15 is 0 Å². The highest BCUT2D eigenvalue weighted by molar-refractivity contribution is 5.09. The van der Waals surface area contributed by atoms with Gasteiger partial charge in [-0.1, -0.05) is 0 Å². The molecule has 1 fully saturated rings. The van der Waals surface area contributed by atoms with Crippen molar-refractivity contribution in [1.82, 2.24) is 5.32 Å². The topological polar surface area (TPSA) is 56.0 Å². The lowest BCUT2D eigenvalue weighted by molar-refractivity contribution is 0.0118. The highest BCUT2D eigenvalue weighted by atomic mass is 16.3. The van der Waals surface area contributed by atoms with Crippen LogP contribution in [0.15, 0.2) is 0 Å². The normalized spacial score (nSPS) is 40.4. The Morgan fingerprint density at radius 1 is 1.58 bits per heavy atom. The number of hydrogen-bond donors (Lipinski definition) is 2. The average molecular weight is 168 g/mol.